The molecule has 3 nitrogen and oxygen atoms in total. The highest BCUT2D eigenvalue weighted by molar-refractivity contribution is 7.80. The van der Waals surface area contributed by atoms with E-state index in [-0.39, 0.29) is 12.5 Å². The van der Waals surface area contributed by atoms with Crippen molar-refractivity contribution in [3.8, 4) is 16.9 Å². The minimum atomic E-state index is -0.517. The number of aryl methyl sites for hydroxylation is 1. The number of carbonyl (C=O) groups is 1. The van der Waals surface area contributed by atoms with Crippen molar-refractivity contribution in [1.82, 2.24) is 0 Å². The molecule has 3 aromatic rings. The van der Waals surface area contributed by atoms with Gasteiger partial charge in [-0.25, -0.2) is 0 Å². The Labute approximate surface area is 181 Å². The fourth-order valence-corrected chi connectivity index (χ4v) is 7.03. The second kappa shape index (κ2) is 7.26. The van der Waals surface area contributed by atoms with Crippen LogP contribution >= 0.6 is 44.5 Å². The van der Waals surface area contributed by atoms with E-state index < -0.39 is 5.54 Å². The van der Waals surface area contributed by atoms with Gasteiger partial charge in [0.25, 0.3) is 5.91 Å². The van der Waals surface area contributed by atoms with Crippen LogP contribution < -0.4 is 9.64 Å². The second-order valence-electron chi connectivity index (χ2n) is 7.19. The minimum Gasteiger partial charge on any atom is -0.482 e. The third-order valence-electron chi connectivity index (χ3n) is 4.85. The molecule has 2 heterocycles. The van der Waals surface area contributed by atoms with Crippen molar-refractivity contribution < 1.29 is 9.53 Å². The Bertz CT molecular complexity index is 1130. The molecule has 0 N–H and O–H groups in total. The van der Waals surface area contributed by atoms with Gasteiger partial charge in [-0.15, -0.1) is 0 Å². The molecule has 28 heavy (non-hydrogen) atoms. The molecule has 0 radical (unpaired) electrons. The van der Waals surface area contributed by atoms with E-state index in [1.165, 1.54) is 0 Å². The largest absolute Gasteiger partial charge is 0.482 e. The van der Waals surface area contributed by atoms with Crippen LogP contribution in [-0.2, 0) is 10.3 Å². The van der Waals surface area contributed by atoms with Crippen LogP contribution in [0.4, 0.5) is 5.69 Å². The Balaban J connectivity index is 1.75. The topological polar surface area (TPSA) is 29.5 Å². The van der Waals surface area contributed by atoms with E-state index in [0.717, 1.165) is 31.1 Å². The van der Waals surface area contributed by atoms with Crippen LogP contribution in [0.3, 0.4) is 0 Å². The second-order valence-corrected chi connectivity index (χ2v) is 10.4. The van der Waals surface area contributed by atoms with Crippen LogP contribution in [0, 0.1) is 10.7 Å². The van der Waals surface area contributed by atoms with Gasteiger partial charge in [0, 0.05) is 11.1 Å². The highest BCUT2D eigenvalue weighted by atomic mass is 35.5. The Morgan fingerprint density at radius 1 is 1.21 bits per heavy atom. The maximum absolute atomic E-state index is 13.3. The number of benzene rings is 2. The van der Waals surface area contributed by atoms with Crippen molar-refractivity contribution in [2.45, 2.75) is 26.3 Å². The summed E-state index contributed by atoms with van der Waals surface area (Å²) in [5.41, 5.74) is 3.59. The zero-order chi connectivity index (χ0) is 20.1. The quantitative estimate of drug-likeness (QED) is 0.325. The first-order chi connectivity index (χ1) is 13.3. The van der Waals surface area contributed by atoms with Crippen molar-refractivity contribution in [1.29, 1.82) is 0 Å². The lowest BCUT2D eigenvalue weighted by Gasteiger charge is -2.43. The lowest BCUT2D eigenvalue weighted by Crippen LogP contribution is -2.49. The standard InChI is InChI=1S/C21H18ClNO2S3/c1-12-8-9-15-13(10-12)18-19(27-28-20(18)26)21(2,3)23(15)17(24)11-25-16-7-5-4-6-14(16)22/h4-10H,11H2,1-3H3. The summed E-state index contributed by atoms with van der Waals surface area (Å²) in [6, 6.07) is 13.3. The van der Waals surface area contributed by atoms with Crippen LogP contribution in [-0.4, -0.2) is 12.5 Å². The number of hydrogen-bond donors (Lipinski definition) is 0. The number of hydrogen-bond acceptors (Lipinski definition) is 5. The van der Waals surface area contributed by atoms with Gasteiger partial charge in [-0.3, -0.25) is 9.69 Å². The first kappa shape index (κ1) is 19.6. The van der Waals surface area contributed by atoms with E-state index >= 15 is 0 Å². The summed E-state index contributed by atoms with van der Waals surface area (Å²) in [5, 5.41) is 0.488. The molecule has 1 amide bonds. The van der Waals surface area contributed by atoms with Gasteiger partial charge in [0.2, 0.25) is 0 Å². The fourth-order valence-electron chi connectivity index (χ4n) is 3.56. The summed E-state index contributed by atoms with van der Waals surface area (Å²) < 4.78 is 6.61. The molecule has 2 aromatic carbocycles. The minimum absolute atomic E-state index is 0.0919. The first-order valence-corrected chi connectivity index (χ1v) is 11.7. The number of nitrogens with zero attached hydrogens (tertiary/aromatic N) is 1. The molecule has 1 aromatic heterocycles. The Hall–Kier alpha value is -1.73. The van der Waals surface area contributed by atoms with E-state index in [2.05, 4.69) is 19.9 Å². The van der Waals surface area contributed by atoms with E-state index in [4.69, 9.17) is 28.6 Å². The van der Waals surface area contributed by atoms with Gasteiger partial charge in [0.1, 0.15) is 9.57 Å². The van der Waals surface area contributed by atoms with Gasteiger partial charge in [0.05, 0.1) is 21.1 Å². The van der Waals surface area contributed by atoms with Crippen molar-refractivity contribution in [2.75, 3.05) is 11.5 Å². The third kappa shape index (κ3) is 3.18. The normalized spacial score (nSPS) is 14.4. The number of carbonyl (C=O) groups excluding carboxylic acids is 1. The number of halogens is 1. The highest BCUT2D eigenvalue weighted by Gasteiger charge is 2.43. The number of anilines is 1. The zero-order valence-corrected chi connectivity index (χ0v) is 18.8. The molecule has 0 bridgehead atoms. The summed E-state index contributed by atoms with van der Waals surface area (Å²) in [6.07, 6.45) is 0. The Morgan fingerprint density at radius 2 is 1.96 bits per heavy atom. The molecule has 0 spiro atoms. The highest BCUT2D eigenvalue weighted by Crippen LogP contribution is 2.52. The average molecular weight is 448 g/mol. The average Bonchev–Trinajstić information content (AvgIpc) is 3.04. The SMILES string of the molecule is Cc1ccc2c(c1)-c1c(ssc1=S)C(C)(C)N2C(=O)COc1ccccc1Cl. The van der Waals surface area contributed by atoms with Crippen LogP contribution in [0.15, 0.2) is 42.5 Å². The smallest absolute Gasteiger partial charge is 0.265 e. The first-order valence-electron chi connectivity index (χ1n) is 8.75. The molecular formula is C21H18ClNO2S3. The molecule has 4 rings (SSSR count). The molecule has 0 fully saturated rings. The molecule has 7 heteroatoms. The lowest BCUT2D eigenvalue weighted by atomic mass is 9.87. The molecule has 0 unspecified atom stereocenters. The molecule has 144 valence electrons. The van der Waals surface area contributed by atoms with Gasteiger partial charge in [-0.2, -0.15) is 0 Å². The van der Waals surface area contributed by atoms with Crippen LogP contribution in [0.25, 0.3) is 11.1 Å². The summed E-state index contributed by atoms with van der Waals surface area (Å²) in [7, 11) is 3.24. The number of ether oxygens (including phenoxy) is 1. The number of para-hydroxylation sites is 1. The summed E-state index contributed by atoms with van der Waals surface area (Å²) in [6.45, 7) is 6.07. The number of fused-ring (bicyclic) bond motifs is 3. The third-order valence-corrected chi connectivity index (χ3v) is 8.49. The van der Waals surface area contributed by atoms with E-state index in [1.807, 2.05) is 36.1 Å². The predicted octanol–water partition coefficient (Wildman–Crippen LogP) is 6.83. The van der Waals surface area contributed by atoms with E-state index in [9.17, 15) is 4.79 Å². The molecule has 0 aliphatic carbocycles. The maximum Gasteiger partial charge on any atom is 0.265 e. The molecule has 0 saturated carbocycles. The van der Waals surface area contributed by atoms with Crippen LogP contribution in [0.1, 0.15) is 24.3 Å². The monoisotopic (exact) mass is 447 g/mol. The number of amides is 1. The van der Waals surface area contributed by atoms with Crippen molar-refractivity contribution >= 4 is 56.1 Å². The lowest BCUT2D eigenvalue weighted by molar-refractivity contribution is -0.121. The zero-order valence-electron chi connectivity index (χ0n) is 15.6. The summed E-state index contributed by atoms with van der Waals surface area (Å²) in [5.74, 6) is 0.383. The van der Waals surface area contributed by atoms with Gasteiger partial charge in [0.15, 0.2) is 6.61 Å². The molecular weight excluding hydrogens is 430 g/mol. The van der Waals surface area contributed by atoms with Crippen molar-refractivity contribution in [2.24, 2.45) is 0 Å². The van der Waals surface area contributed by atoms with E-state index in [1.54, 1.807) is 32.8 Å². The van der Waals surface area contributed by atoms with Crippen LogP contribution in [0.2, 0.25) is 5.02 Å². The van der Waals surface area contributed by atoms with Gasteiger partial charge >= 0.3 is 0 Å². The molecule has 0 atom stereocenters. The molecule has 1 aliphatic rings. The van der Waals surface area contributed by atoms with Gasteiger partial charge < -0.3 is 4.74 Å². The summed E-state index contributed by atoms with van der Waals surface area (Å²) >= 11 is 11.8. The van der Waals surface area contributed by atoms with Crippen LogP contribution in [0.5, 0.6) is 5.75 Å². The predicted molar refractivity (Wildman–Crippen MR) is 121 cm³/mol. The Kier molecular flexibility index (Phi) is 5.08. The maximum atomic E-state index is 13.3. The van der Waals surface area contributed by atoms with E-state index in [0.29, 0.717) is 10.8 Å². The van der Waals surface area contributed by atoms with Crippen molar-refractivity contribution in [3.63, 3.8) is 0 Å². The van der Waals surface area contributed by atoms with Crippen molar-refractivity contribution in [3.05, 3.63) is 61.8 Å². The number of rotatable bonds is 3. The molecule has 0 saturated heterocycles. The Morgan fingerprint density at radius 3 is 2.71 bits per heavy atom. The fraction of sp³-hybridized carbons (Fsp3) is 0.238. The summed E-state index contributed by atoms with van der Waals surface area (Å²) in [4.78, 5) is 16.3. The van der Waals surface area contributed by atoms with Gasteiger partial charge in [-0.1, -0.05) is 68.3 Å². The van der Waals surface area contributed by atoms with Gasteiger partial charge in [-0.05, 0) is 45.0 Å². The molecule has 1 aliphatic heterocycles.